The summed E-state index contributed by atoms with van der Waals surface area (Å²) in [4.78, 5) is 29.2. The second-order valence-electron chi connectivity index (χ2n) is 8.20. The van der Waals surface area contributed by atoms with Crippen LogP contribution in [0.3, 0.4) is 0 Å². The average molecular weight is 414 g/mol. The number of nitrogens with one attached hydrogen (secondary N) is 1. The highest BCUT2D eigenvalue weighted by molar-refractivity contribution is 7.15. The maximum absolute atomic E-state index is 12.6. The molecule has 4 rings (SSSR count). The summed E-state index contributed by atoms with van der Waals surface area (Å²) in [6.45, 7) is 6.82. The van der Waals surface area contributed by atoms with Gasteiger partial charge >= 0.3 is 0 Å². The first-order valence-electron chi connectivity index (χ1n) is 10.3. The number of anilines is 3. The van der Waals surface area contributed by atoms with Crippen molar-refractivity contribution < 1.29 is 9.59 Å². The quantitative estimate of drug-likeness (QED) is 0.786. The van der Waals surface area contributed by atoms with Gasteiger partial charge in [0.25, 0.3) is 0 Å². The van der Waals surface area contributed by atoms with E-state index in [0.29, 0.717) is 17.6 Å². The third kappa shape index (κ3) is 4.58. The summed E-state index contributed by atoms with van der Waals surface area (Å²) < 4.78 is 0. The van der Waals surface area contributed by atoms with E-state index in [9.17, 15) is 9.59 Å². The van der Waals surface area contributed by atoms with Gasteiger partial charge in [0.05, 0.1) is 5.92 Å². The van der Waals surface area contributed by atoms with Gasteiger partial charge in [-0.05, 0) is 43.0 Å². The Labute approximate surface area is 175 Å². The Balaban J connectivity index is 1.37. The van der Waals surface area contributed by atoms with E-state index in [-0.39, 0.29) is 24.2 Å². The molecule has 7 nitrogen and oxygen atoms in total. The van der Waals surface area contributed by atoms with Gasteiger partial charge < -0.3 is 15.1 Å². The number of carbonyl (C=O) groups excluding carboxylic acids is 2. The lowest BCUT2D eigenvalue weighted by Crippen LogP contribution is -2.28. The molecule has 1 N–H and O–H groups in total. The lowest BCUT2D eigenvalue weighted by Gasteiger charge is -2.20. The molecule has 0 radical (unpaired) electrons. The predicted molar refractivity (Wildman–Crippen MR) is 115 cm³/mol. The van der Waals surface area contributed by atoms with Crippen molar-refractivity contribution in [1.82, 2.24) is 10.2 Å². The summed E-state index contributed by atoms with van der Waals surface area (Å²) >= 11 is 1.40. The van der Waals surface area contributed by atoms with Crippen molar-refractivity contribution in [2.24, 2.45) is 11.8 Å². The van der Waals surface area contributed by atoms with Gasteiger partial charge in [-0.15, -0.1) is 10.2 Å². The van der Waals surface area contributed by atoms with Gasteiger partial charge in [-0.2, -0.15) is 0 Å². The molecule has 154 valence electrons. The molecule has 8 heteroatoms. The largest absolute Gasteiger partial charge is 0.372 e. The fourth-order valence-electron chi connectivity index (χ4n) is 3.89. The minimum absolute atomic E-state index is 0.0168. The lowest BCUT2D eigenvalue weighted by molar-refractivity contribution is -0.122. The van der Waals surface area contributed by atoms with E-state index in [2.05, 4.69) is 46.4 Å². The van der Waals surface area contributed by atoms with Gasteiger partial charge in [-0.25, -0.2) is 0 Å². The van der Waals surface area contributed by atoms with Crippen molar-refractivity contribution in [3.05, 3.63) is 29.3 Å². The average Bonchev–Trinajstić information content (AvgIpc) is 3.43. The Kier molecular flexibility index (Phi) is 5.80. The van der Waals surface area contributed by atoms with E-state index in [1.807, 2.05) is 12.1 Å². The fourth-order valence-corrected chi connectivity index (χ4v) is 4.85. The molecule has 0 saturated carbocycles. The van der Waals surface area contributed by atoms with Crippen molar-refractivity contribution in [2.45, 2.75) is 39.5 Å². The predicted octanol–water partition coefficient (Wildman–Crippen LogP) is 3.33. The van der Waals surface area contributed by atoms with Gasteiger partial charge in [-0.3, -0.25) is 9.59 Å². The Morgan fingerprint density at radius 3 is 2.55 bits per heavy atom. The molecule has 29 heavy (non-hydrogen) atoms. The number of benzene rings is 1. The molecule has 0 aliphatic carbocycles. The van der Waals surface area contributed by atoms with Crippen LogP contribution in [0, 0.1) is 11.8 Å². The van der Waals surface area contributed by atoms with E-state index in [1.165, 1.54) is 29.9 Å². The molecule has 1 aromatic carbocycles. The van der Waals surface area contributed by atoms with E-state index in [1.54, 1.807) is 4.90 Å². The van der Waals surface area contributed by atoms with Crippen molar-refractivity contribution in [3.8, 4) is 0 Å². The van der Waals surface area contributed by atoms with Crippen molar-refractivity contribution >= 4 is 39.7 Å². The van der Waals surface area contributed by atoms with Gasteiger partial charge in [-0.1, -0.05) is 25.2 Å². The molecule has 1 atom stereocenters. The van der Waals surface area contributed by atoms with Gasteiger partial charge in [0.2, 0.25) is 16.9 Å². The maximum atomic E-state index is 12.6. The van der Waals surface area contributed by atoms with Crippen LogP contribution < -0.4 is 15.1 Å². The number of aromatic nitrogens is 2. The van der Waals surface area contributed by atoms with E-state index in [0.717, 1.165) is 30.2 Å². The molecule has 1 unspecified atom stereocenters. The number of amides is 2. The Morgan fingerprint density at radius 1 is 1.17 bits per heavy atom. The highest BCUT2D eigenvalue weighted by Crippen LogP contribution is 2.29. The summed E-state index contributed by atoms with van der Waals surface area (Å²) in [7, 11) is 0. The van der Waals surface area contributed by atoms with Crippen LogP contribution in [0.4, 0.5) is 16.5 Å². The first kappa shape index (κ1) is 19.8. The number of nitrogens with zero attached hydrogens (tertiary/aromatic N) is 4. The third-order valence-electron chi connectivity index (χ3n) is 5.41. The van der Waals surface area contributed by atoms with Crippen LogP contribution in [0.25, 0.3) is 0 Å². The van der Waals surface area contributed by atoms with Crippen LogP contribution in [-0.2, 0) is 16.0 Å². The van der Waals surface area contributed by atoms with Crippen LogP contribution in [0.1, 0.15) is 38.1 Å². The number of rotatable bonds is 6. The highest BCUT2D eigenvalue weighted by atomic mass is 32.1. The second kappa shape index (κ2) is 8.49. The van der Waals surface area contributed by atoms with Crippen LogP contribution >= 0.6 is 11.3 Å². The molecule has 2 aliphatic rings. The molecule has 2 saturated heterocycles. The molecule has 3 heterocycles. The number of hydrogen-bond donors (Lipinski definition) is 1. The van der Waals surface area contributed by atoms with Crippen molar-refractivity contribution in [3.63, 3.8) is 0 Å². The van der Waals surface area contributed by atoms with Gasteiger partial charge in [0.1, 0.15) is 5.01 Å². The first-order chi connectivity index (χ1) is 14.0. The monoisotopic (exact) mass is 413 g/mol. The zero-order valence-corrected chi connectivity index (χ0v) is 17.7. The lowest BCUT2D eigenvalue weighted by atomic mass is 10.1. The third-order valence-corrected chi connectivity index (χ3v) is 6.27. The second-order valence-corrected chi connectivity index (χ2v) is 9.27. The normalized spacial score (nSPS) is 19.4. The van der Waals surface area contributed by atoms with E-state index < -0.39 is 0 Å². The van der Waals surface area contributed by atoms with Crippen LogP contribution in [0.5, 0.6) is 0 Å². The summed E-state index contributed by atoms with van der Waals surface area (Å²) in [6.07, 6.45) is 3.53. The van der Waals surface area contributed by atoms with Gasteiger partial charge in [0, 0.05) is 43.9 Å². The standard InChI is InChI=1S/C21H27N5O2S/c1-14(2)11-18-23-24-21(29-18)22-20(28)15-12-19(27)26(13-15)17-7-5-16(6-8-17)25-9-3-4-10-25/h5-8,14-15H,3-4,9-13H2,1-2H3,(H,22,24,28). The zero-order chi connectivity index (χ0) is 20.4. The van der Waals surface area contributed by atoms with E-state index >= 15 is 0 Å². The number of carbonyl (C=O) groups is 2. The Bertz CT molecular complexity index is 873. The van der Waals surface area contributed by atoms with Crippen LogP contribution in [0.2, 0.25) is 0 Å². The van der Waals surface area contributed by atoms with Gasteiger partial charge in [0.15, 0.2) is 0 Å². The summed E-state index contributed by atoms with van der Waals surface area (Å²) in [5.41, 5.74) is 2.05. The minimum Gasteiger partial charge on any atom is -0.372 e. The van der Waals surface area contributed by atoms with Crippen LogP contribution in [-0.4, -0.2) is 41.6 Å². The molecule has 1 aromatic heterocycles. The Hall–Kier alpha value is -2.48. The highest BCUT2D eigenvalue weighted by Gasteiger charge is 2.35. The molecule has 2 amide bonds. The molecule has 0 spiro atoms. The molecule has 0 bridgehead atoms. The summed E-state index contributed by atoms with van der Waals surface area (Å²) in [5, 5.41) is 12.4. The number of hydrogen-bond acceptors (Lipinski definition) is 6. The SMILES string of the molecule is CC(C)Cc1nnc(NC(=O)C2CC(=O)N(c3ccc(N4CCCC4)cc3)C2)s1. The molecular formula is C21H27N5O2S. The molecule has 2 aliphatic heterocycles. The summed E-state index contributed by atoms with van der Waals surface area (Å²) in [6, 6.07) is 8.10. The maximum Gasteiger partial charge on any atom is 0.231 e. The zero-order valence-electron chi connectivity index (χ0n) is 16.9. The summed E-state index contributed by atoms with van der Waals surface area (Å²) in [5.74, 6) is -0.0683. The van der Waals surface area contributed by atoms with Crippen molar-refractivity contribution in [1.29, 1.82) is 0 Å². The first-order valence-corrected chi connectivity index (χ1v) is 11.1. The van der Waals surface area contributed by atoms with E-state index in [4.69, 9.17) is 0 Å². The van der Waals surface area contributed by atoms with Crippen molar-refractivity contribution in [2.75, 3.05) is 34.8 Å². The topological polar surface area (TPSA) is 78.4 Å². The molecule has 2 fully saturated rings. The smallest absolute Gasteiger partial charge is 0.231 e. The Morgan fingerprint density at radius 2 is 1.86 bits per heavy atom. The fraction of sp³-hybridized carbons (Fsp3) is 0.524. The molecular weight excluding hydrogens is 386 g/mol. The minimum atomic E-state index is -0.377. The molecule has 2 aromatic rings. The van der Waals surface area contributed by atoms with Crippen LogP contribution in [0.15, 0.2) is 24.3 Å².